The van der Waals surface area contributed by atoms with E-state index in [0.29, 0.717) is 10.4 Å². The van der Waals surface area contributed by atoms with Gasteiger partial charge in [0.2, 0.25) is 0 Å². The van der Waals surface area contributed by atoms with Crippen molar-refractivity contribution in [1.29, 1.82) is 0 Å². The monoisotopic (exact) mass is 279 g/mol. The molecule has 1 aliphatic heterocycles. The molecular weight excluding hydrogens is 268 g/mol. The molecule has 1 nitrogen and oxygen atoms in total. The first-order valence-electron chi connectivity index (χ1n) is 4.43. The van der Waals surface area contributed by atoms with Gasteiger partial charge < -0.3 is 5.32 Å². The smallest absolute Gasteiger partial charge is 0.140 e. The molecule has 1 aliphatic rings. The van der Waals surface area contributed by atoms with Crippen LogP contribution in [-0.4, -0.2) is 13.1 Å². The number of hydrogen-bond donors (Lipinski definition) is 1. The van der Waals surface area contributed by atoms with Crippen LogP contribution in [0.2, 0.25) is 0 Å². The first-order chi connectivity index (χ1) is 6.29. The number of rotatable bonds is 1. The Labute approximate surface area is 97.6 Å². The molecule has 1 N–H and O–H groups in total. The molecule has 78 valence electrons. The van der Waals surface area contributed by atoms with E-state index in [1.54, 1.807) is 6.07 Å². The SMILES string of the molecule is Cl.Fc1c(Br)cccc1C1CCNC1. The Balaban J connectivity index is 0.000000980. The van der Waals surface area contributed by atoms with Crippen molar-refractivity contribution in [2.24, 2.45) is 0 Å². The van der Waals surface area contributed by atoms with Crippen molar-refractivity contribution < 1.29 is 4.39 Å². The van der Waals surface area contributed by atoms with Gasteiger partial charge in [-0.15, -0.1) is 12.4 Å². The van der Waals surface area contributed by atoms with E-state index in [2.05, 4.69) is 21.2 Å². The molecule has 1 fully saturated rings. The van der Waals surface area contributed by atoms with Crippen LogP contribution in [0.3, 0.4) is 0 Å². The summed E-state index contributed by atoms with van der Waals surface area (Å²) < 4.78 is 14.1. The summed E-state index contributed by atoms with van der Waals surface area (Å²) in [7, 11) is 0. The van der Waals surface area contributed by atoms with E-state index in [4.69, 9.17) is 0 Å². The second kappa shape index (κ2) is 5.10. The third kappa shape index (κ3) is 2.27. The number of halogens is 3. The Morgan fingerprint density at radius 1 is 1.43 bits per heavy atom. The Morgan fingerprint density at radius 2 is 2.21 bits per heavy atom. The van der Waals surface area contributed by atoms with E-state index in [1.165, 1.54) is 0 Å². The standard InChI is InChI=1S/C10H11BrFN.ClH/c11-9-3-1-2-8(10(9)12)7-4-5-13-6-7;/h1-3,7,13H,4-6H2;1H. The summed E-state index contributed by atoms with van der Waals surface area (Å²) >= 11 is 3.20. The van der Waals surface area contributed by atoms with Crippen LogP contribution in [0.15, 0.2) is 22.7 Å². The summed E-state index contributed by atoms with van der Waals surface area (Å²) in [6.07, 6.45) is 1.04. The summed E-state index contributed by atoms with van der Waals surface area (Å²) in [4.78, 5) is 0. The van der Waals surface area contributed by atoms with E-state index in [-0.39, 0.29) is 18.2 Å². The minimum Gasteiger partial charge on any atom is -0.316 e. The van der Waals surface area contributed by atoms with Crippen LogP contribution >= 0.6 is 28.3 Å². The lowest BCUT2D eigenvalue weighted by atomic mass is 9.98. The lowest BCUT2D eigenvalue weighted by molar-refractivity contribution is 0.582. The minimum absolute atomic E-state index is 0. The van der Waals surface area contributed by atoms with E-state index in [0.717, 1.165) is 25.1 Å². The molecule has 0 aromatic heterocycles. The predicted molar refractivity (Wildman–Crippen MR) is 61.6 cm³/mol. The van der Waals surface area contributed by atoms with Gasteiger partial charge in [0.15, 0.2) is 0 Å². The van der Waals surface area contributed by atoms with Crippen molar-refractivity contribution in [3.05, 3.63) is 34.1 Å². The molecule has 2 rings (SSSR count). The molecule has 0 bridgehead atoms. The lowest BCUT2D eigenvalue weighted by Crippen LogP contribution is -2.09. The average molecular weight is 281 g/mol. The first-order valence-corrected chi connectivity index (χ1v) is 5.23. The maximum atomic E-state index is 13.6. The van der Waals surface area contributed by atoms with Crippen molar-refractivity contribution in [3.8, 4) is 0 Å². The second-order valence-electron chi connectivity index (χ2n) is 3.33. The second-order valence-corrected chi connectivity index (χ2v) is 4.19. The first kappa shape index (κ1) is 12.0. The van der Waals surface area contributed by atoms with Gasteiger partial charge >= 0.3 is 0 Å². The molecule has 0 amide bonds. The quantitative estimate of drug-likeness (QED) is 0.833. The third-order valence-electron chi connectivity index (χ3n) is 2.48. The van der Waals surface area contributed by atoms with Crippen LogP contribution < -0.4 is 5.32 Å². The fourth-order valence-corrected chi connectivity index (χ4v) is 2.14. The highest BCUT2D eigenvalue weighted by molar-refractivity contribution is 9.10. The van der Waals surface area contributed by atoms with E-state index in [1.807, 2.05) is 12.1 Å². The largest absolute Gasteiger partial charge is 0.316 e. The number of hydrogen-bond acceptors (Lipinski definition) is 1. The van der Waals surface area contributed by atoms with Crippen LogP contribution in [0.25, 0.3) is 0 Å². The maximum absolute atomic E-state index is 13.6. The maximum Gasteiger partial charge on any atom is 0.140 e. The number of benzene rings is 1. The van der Waals surface area contributed by atoms with E-state index >= 15 is 0 Å². The number of nitrogens with one attached hydrogen (secondary N) is 1. The molecule has 0 saturated carbocycles. The zero-order chi connectivity index (χ0) is 9.26. The van der Waals surface area contributed by atoms with Crippen LogP contribution in [0, 0.1) is 5.82 Å². The van der Waals surface area contributed by atoms with Gasteiger partial charge in [-0.1, -0.05) is 12.1 Å². The molecule has 4 heteroatoms. The highest BCUT2D eigenvalue weighted by atomic mass is 79.9. The van der Waals surface area contributed by atoms with Crippen molar-refractivity contribution in [2.75, 3.05) is 13.1 Å². The van der Waals surface area contributed by atoms with Gasteiger partial charge in [0, 0.05) is 12.5 Å². The lowest BCUT2D eigenvalue weighted by Gasteiger charge is -2.10. The molecule has 0 radical (unpaired) electrons. The topological polar surface area (TPSA) is 12.0 Å². The Kier molecular flexibility index (Phi) is 4.35. The van der Waals surface area contributed by atoms with Gasteiger partial charge in [0.1, 0.15) is 5.82 Å². The molecule has 14 heavy (non-hydrogen) atoms. The molecule has 0 aliphatic carbocycles. The van der Waals surface area contributed by atoms with Crippen LogP contribution in [0.4, 0.5) is 4.39 Å². The zero-order valence-electron chi connectivity index (χ0n) is 7.59. The van der Waals surface area contributed by atoms with Gasteiger partial charge in [-0.3, -0.25) is 0 Å². The van der Waals surface area contributed by atoms with Gasteiger partial charge in [-0.05, 0) is 40.5 Å². The van der Waals surface area contributed by atoms with Crippen LogP contribution in [0.1, 0.15) is 17.9 Å². The van der Waals surface area contributed by atoms with Crippen molar-refractivity contribution >= 4 is 28.3 Å². The van der Waals surface area contributed by atoms with Gasteiger partial charge in [0.05, 0.1) is 4.47 Å². The molecule has 1 atom stereocenters. The Morgan fingerprint density at radius 3 is 2.86 bits per heavy atom. The third-order valence-corrected chi connectivity index (χ3v) is 3.09. The summed E-state index contributed by atoms with van der Waals surface area (Å²) in [6.45, 7) is 1.89. The van der Waals surface area contributed by atoms with E-state index in [9.17, 15) is 4.39 Å². The molecule has 0 spiro atoms. The highest BCUT2D eigenvalue weighted by Crippen LogP contribution is 2.28. The molecular formula is C10H12BrClFN. The zero-order valence-corrected chi connectivity index (χ0v) is 10.00. The summed E-state index contributed by atoms with van der Waals surface area (Å²) in [5.74, 6) is 0.244. The average Bonchev–Trinajstić information content (AvgIpc) is 2.62. The van der Waals surface area contributed by atoms with Crippen molar-refractivity contribution in [3.63, 3.8) is 0 Å². The Hall–Kier alpha value is -0.120. The van der Waals surface area contributed by atoms with Gasteiger partial charge in [-0.25, -0.2) is 4.39 Å². The fraction of sp³-hybridized carbons (Fsp3) is 0.400. The molecule has 1 unspecified atom stereocenters. The summed E-state index contributed by atoms with van der Waals surface area (Å²) in [5, 5.41) is 3.24. The van der Waals surface area contributed by atoms with Crippen molar-refractivity contribution in [1.82, 2.24) is 5.32 Å². The molecule has 1 aromatic rings. The minimum atomic E-state index is -0.101. The highest BCUT2D eigenvalue weighted by Gasteiger charge is 2.20. The van der Waals surface area contributed by atoms with Crippen molar-refractivity contribution in [2.45, 2.75) is 12.3 Å². The van der Waals surface area contributed by atoms with E-state index < -0.39 is 0 Å². The normalized spacial score (nSPS) is 20.6. The molecule has 1 heterocycles. The Bertz CT molecular complexity index is 313. The van der Waals surface area contributed by atoms with Crippen LogP contribution in [0.5, 0.6) is 0 Å². The summed E-state index contributed by atoms with van der Waals surface area (Å²) in [6, 6.07) is 5.50. The molecule has 1 saturated heterocycles. The summed E-state index contributed by atoms with van der Waals surface area (Å²) in [5.41, 5.74) is 0.833. The van der Waals surface area contributed by atoms with Crippen LogP contribution in [-0.2, 0) is 0 Å². The van der Waals surface area contributed by atoms with Gasteiger partial charge in [0.25, 0.3) is 0 Å². The van der Waals surface area contributed by atoms with Gasteiger partial charge in [-0.2, -0.15) is 0 Å². The molecule has 1 aromatic carbocycles. The fourth-order valence-electron chi connectivity index (χ4n) is 1.76. The predicted octanol–water partition coefficient (Wildman–Crippen LogP) is 3.09.